The third kappa shape index (κ3) is 6.10. The van der Waals surface area contributed by atoms with Crippen molar-refractivity contribution in [1.29, 1.82) is 0 Å². The lowest BCUT2D eigenvalue weighted by molar-refractivity contribution is 0.477. The number of ether oxygens (including phenoxy) is 1. The van der Waals surface area contributed by atoms with Crippen LogP contribution in [0, 0.1) is 5.92 Å². The SMILES string of the molecule is C1=C[C@]2(c3cccc4c3Oc3c(-c5ccc(-c6ccc(N(c7ccccc7)c7ccccc7)cc6)cc5)ccc5cccc-4c35)CC2C=C1C(c1ccccc1)c1ccccc1. The summed E-state index contributed by atoms with van der Waals surface area (Å²) in [6.45, 7) is 0. The maximum atomic E-state index is 7.29. The van der Waals surface area contributed by atoms with E-state index in [4.69, 9.17) is 4.74 Å². The summed E-state index contributed by atoms with van der Waals surface area (Å²) in [6.07, 6.45) is 8.50. The van der Waals surface area contributed by atoms with Gasteiger partial charge < -0.3 is 9.64 Å². The summed E-state index contributed by atoms with van der Waals surface area (Å²) in [4.78, 5) is 2.30. The first-order valence-electron chi connectivity index (χ1n) is 21.7. The van der Waals surface area contributed by atoms with E-state index in [1.165, 1.54) is 55.3 Å². The number of nitrogens with zero attached hydrogens (tertiary/aromatic N) is 1. The van der Waals surface area contributed by atoms with Crippen LogP contribution in [0.15, 0.2) is 242 Å². The van der Waals surface area contributed by atoms with Crippen LogP contribution in [0.2, 0.25) is 0 Å². The molecule has 9 aromatic carbocycles. The van der Waals surface area contributed by atoms with Crippen LogP contribution in [0.3, 0.4) is 0 Å². The Morgan fingerprint density at radius 2 is 1.00 bits per heavy atom. The number of rotatable bonds is 9. The van der Waals surface area contributed by atoms with Crippen molar-refractivity contribution in [2.75, 3.05) is 4.90 Å². The Bertz CT molecular complexity index is 3080. The topological polar surface area (TPSA) is 12.5 Å². The summed E-state index contributed by atoms with van der Waals surface area (Å²) in [5, 5.41) is 2.37. The summed E-state index contributed by atoms with van der Waals surface area (Å²) < 4.78 is 7.29. The van der Waals surface area contributed by atoms with Gasteiger partial charge in [0.25, 0.3) is 0 Å². The highest BCUT2D eigenvalue weighted by Crippen LogP contribution is 2.64. The standard InChI is InChI=1S/C60H43NO/c1-5-15-44(16-6-1)56(45-17-7-2-8-18-45)47-37-38-60(40-48(60)39-47)55-26-14-25-54-53-24-13-19-46-33-36-52(59(57(46)53)62-58(54)55)43-29-27-41(28-30-43)42-31-34-51(35-32-42)61(49-20-9-3-10-21-49)50-22-11-4-12-23-50/h1-39,48,56H,40H2/t48?,60-/m0/s1. The quantitative estimate of drug-likeness (QED) is 0.144. The number of fused-ring (bicyclic) bond motifs is 3. The molecule has 9 aromatic rings. The van der Waals surface area contributed by atoms with E-state index < -0.39 is 0 Å². The molecule has 0 N–H and O–H groups in total. The average molecular weight is 794 g/mol. The third-order valence-corrected chi connectivity index (χ3v) is 13.3. The predicted molar refractivity (Wildman–Crippen MR) is 257 cm³/mol. The molecule has 1 fully saturated rings. The van der Waals surface area contributed by atoms with E-state index in [0.717, 1.165) is 46.1 Å². The van der Waals surface area contributed by atoms with Gasteiger partial charge in [0.2, 0.25) is 0 Å². The highest BCUT2D eigenvalue weighted by molar-refractivity contribution is 6.08. The van der Waals surface area contributed by atoms with Crippen LogP contribution in [0.1, 0.15) is 29.0 Å². The predicted octanol–water partition coefficient (Wildman–Crippen LogP) is 16.0. The summed E-state index contributed by atoms with van der Waals surface area (Å²) in [7, 11) is 0. The van der Waals surface area contributed by atoms with Crippen molar-refractivity contribution in [3.63, 3.8) is 0 Å². The Morgan fingerprint density at radius 1 is 0.452 bits per heavy atom. The van der Waals surface area contributed by atoms with E-state index >= 15 is 0 Å². The Morgan fingerprint density at radius 3 is 1.63 bits per heavy atom. The van der Waals surface area contributed by atoms with Crippen molar-refractivity contribution in [3.05, 3.63) is 259 Å². The highest BCUT2D eigenvalue weighted by atomic mass is 16.5. The van der Waals surface area contributed by atoms with Crippen molar-refractivity contribution in [2.24, 2.45) is 5.92 Å². The molecule has 1 heterocycles. The third-order valence-electron chi connectivity index (χ3n) is 13.3. The number of hydrogen-bond donors (Lipinski definition) is 0. The molecule has 2 heteroatoms. The number of para-hydroxylation sites is 3. The molecule has 0 bridgehead atoms. The fraction of sp³-hybridized carbons (Fsp3) is 0.0667. The molecule has 3 aliphatic rings. The molecule has 2 aliphatic carbocycles. The minimum atomic E-state index is -0.0937. The number of benzene rings is 9. The Labute approximate surface area is 363 Å². The van der Waals surface area contributed by atoms with Gasteiger partial charge >= 0.3 is 0 Å². The summed E-state index contributed by atoms with van der Waals surface area (Å²) in [5.74, 6) is 2.52. The van der Waals surface area contributed by atoms with E-state index in [1.807, 2.05) is 0 Å². The van der Waals surface area contributed by atoms with Crippen molar-refractivity contribution >= 4 is 27.8 Å². The molecular formula is C60H43NO. The summed E-state index contributed by atoms with van der Waals surface area (Å²) >= 11 is 0. The summed E-state index contributed by atoms with van der Waals surface area (Å²) in [5.41, 5.74) is 15.6. The molecule has 1 aliphatic heterocycles. The first kappa shape index (κ1) is 36.2. The van der Waals surface area contributed by atoms with Gasteiger partial charge in [-0.2, -0.15) is 0 Å². The number of allylic oxidation sites excluding steroid dienone is 4. The van der Waals surface area contributed by atoms with Crippen LogP contribution in [-0.4, -0.2) is 0 Å². The second-order valence-corrected chi connectivity index (χ2v) is 16.9. The lowest BCUT2D eigenvalue weighted by Gasteiger charge is -2.29. The van der Waals surface area contributed by atoms with Gasteiger partial charge in [-0.15, -0.1) is 0 Å². The van der Waals surface area contributed by atoms with E-state index in [9.17, 15) is 0 Å². The molecule has 0 amide bonds. The van der Waals surface area contributed by atoms with Gasteiger partial charge in [-0.1, -0.05) is 194 Å². The van der Waals surface area contributed by atoms with E-state index in [0.29, 0.717) is 5.92 Å². The van der Waals surface area contributed by atoms with Gasteiger partial charge in [-0.25, -0.2) is 0 Å². The molecule has 0 saturated heterocycles. The zero-order valence-electron chi connectivity index (χ0n) is 34.2. The molecule has 2 nitrogen and oxygen atoms in total. The highest BCUT2D eigenvalue weighted by Gasteiger charge is 2.55. The maximum absolute atomic E-state index is 7.29. The molecule has 62 heavy (non-hydrogen) atoms. The first-order chi connectivity index (χ1) is 30.7. The zero-order chi connectivity index (χ0) is 41.0. The fourth-order valence-electron chi connectivity index (χ4n) is 10.2. The number of anilines is 3. The molecule has 2 atom stereocenters. The lowest BCUT2D eigenvalue weighted by atomic mass is 9.79. The first-order valence-corrected chi connectivity index (χ1v) is 21.7. The van der Waals surface area contributed by atoms with E-state index in [1.54, 1.807) is 0 Å². The van der Waals surface area contributed by atoms with Crippen LogP contribution in [0.25, 0.3) is 44.2 Å². The van der Waals surface area contributed by atoms with Crippen LogP contribution < -0.4 is 9.64 Å². The van der Waals surface area contributed by atoms with Crippen LogP contribution in [-0.2, 0) is 5.41 Å². The Kier molecular flexibility index (Phi) is 8.64. The molecule has 294 valence electrons. The second kappa shape index (κ2) is 14.8. The van der Waals surface area contributed by atoms with Crippen molar-refractivity contribution in [2.45, 2.75) is 17.8 Å². The van der Waals surface area contributed by atoms with Crippen molar-refractivity contribution in [1.82, 2.24) is 0 Å². The Hall–Kier alpha value is -7.68. The van der Waals surface area contributed by atoms with Gasteiger partial charge in [0.05, 0.1) is 0 Å². The zero-order valence-corrected chi connectivity index (χ0v) is 34.2. The lowest BCUT2D eigenvalue weighted by Crippen LogP contribution is -2.14. The largest absolute Gasteiger partial charge is 0.455 e. The van der Waals surface area contributed by atoms with Gasteiger partial charge in [0.15, 0.2) is 0 Å². The monoisotopic (exact) mass is 793 g/mol. The van der Waals surface area contributed by atoms with E-state index in [-0.39, 0.29) is 11.3 Å². The molecule has 0 spiro atoms. The minimum Gasteiger partial charge on any atom is -0.455 e. The van der Waals surface area contributed by atoms with Crippen molar-refractivity contribution in [3.8, 4) is 44.9 Å². The second-order valence-electron chi connectivity index (χ2n) is 16.9. The molecular weight excluding hydrogens is 751 g/mol. The molecule has 12 rings (SSSR count). The average Bonchev–Trinajstić information content (AvgIpc) is 4.09. The Balaban J connectivity index is 0.867. The van der Waals surface area contributed by atoms with Gasteiger partial charge in [-0.3, -0.25) is 0 Å². The van der Waals surface area contributed by atoms with E-state index in [2.05, 4.69) is 242 Å². The van der Waals surface area contributed by atoms with Crippen LogP contribution in [0.4, 0.5) is 17.1 Å². The smallest absolute Gasteiger partial charge is 0.143 e. The molecule has 1 unspecified atom stereocenters. The summed E-state index contributed by atoms with van der Waals surface area (Å²) in [6, 6.07) is 78.7. The van der Waals surface area contributed by atoms with Gasteiger partial charge in [-0.05, 0) is 99.1 Å². The maximum Gasteiger partial charge on any atom is 0.143 e. The fourth-order valence-corrected chi connectivity index (χ4v) is 10.2. The molecule has 0 radical (unpaired) electrons. The van der Waals surface area contributed by atoms with Gasteiger partial charge in [0, 0.05) is 50.5 Å². The van der Waals surface area contributed by atoms with Crippen LogP contribution in [0.5, 0.6) is 11.5 Å². The normalized spacial score (nSPS) is 16.9. The number of hydrogen-bond acceptors (Lipinski definition) is 2. The molecule has 1 saturated carbocycles. The molecule has 0 aromatic heterocycles. The minimum absolute atomic E-state index is 0.0937. The van der Waals surface area contributed by atoms with Crippen LogP contribution >= 0.6 is 0 Å². The van der Waals surface area contributed by atoms with Crippen molar-refractivity contribution < 1.29 is 4.74 Å². The van der Waals surface area contributed by atoms with Gasteiger partial charge in [0.1, 0.15) is 11.5 Å².